The van der Waals surface area contributed by atoms with Gasteiger partial charge in [-0.3, -0.25) is 19.3 Å². The standard InChI is InChI=1S/C24H23BrN4O4/c1-14-13-27-23-19(8-10-21(30)33-15(2)24(31)32-3)28-22(18-6-4-5-11-26-18)17-12-16(25)7-9-20(17)29(14)23/h4-7,9,11-13,15,19H,8,10H2,1-3H3/t15?,19-/m0/s1. The molecule has 1 aliphatic heterocycles. The zero-order chi connectivity index (χ0) is 23.5. The number of ether oxygens (including phenoxy) is 2. The van der Waals surface area contributed by atoms with E-state index in [-0.39, 0.29) is 6.42 Å². The number of esters is 2. The molecule has 3 aromatic rings. The van der Waals surface area contributed by atoms with E-state index in [2.05, 4.69) is 35.2 Å². The Morgan fingerprint density at radius 3 is 2.76 bits per heavy atom. The molecule has 1 aromatic carbocycles. The van der Waals surface area contributed by atoms with E-state index in [1.54, 1.807) is 12.4 Å². The van der Waals surface area contributed by atoms with Crippen molar-refractivity contribution in [1.82, 2.24) is 14.5 Å². The van der Waals surface area contributed by atoms with Crippen LogP contribution in [-0.2, 0) is 19.1 Å². The summed E-state index contributed by atoms with van der Waals surface area (Å²) in [5.74, 6) is -0.363. The van der Waals surface area contributed by atoms with Gasteiger partial charge >= 0.3 is 11.9 Å². The summed E-state index contributed by atoms with van der Waals surface area (Å²) in [7, 11) is 1.25. The number of imidazole rings is 1. The molecule has 0 N–H and O–H groups in total. The van der Waals surface area contributed by atoms with Crippen LogP contribution in [0, 0.1) is 6.92 Å². The molecular weight excluding hydrogens is 488 g/mol. The van der Waals surface area contributed by atoms with Crippen LogP contribution in [0.5, 0.6) is 0 Å². The summed E-state index contributed by atoms with van der Waals surface area (Å²) >= 11 is 3.57. The summed E-state index contributed by atoms with van der Waals surface area (Å²) in [5.41, 5.74) is 4.26. The first-order chi connectivity index (χ1) is 15.9. The van der Waals surface area contributed by atoms with E-state index >= 15 is 0 Å². The summed E-state index contributed by atoms with van der Waals surface area (Å²) in [6.45, 7) is 3.47. The Kier molecular flexibility index (Phi) is 6.69. The molecule has 0 saturated carbocycles. The number of carbonyl (C=O) groups is 2. The van der Waals surface area contributed by atoms with Crippen LogP contribution in [-0.4, -0.2) is 45.4 Å². The number of nitrogens with zero attached hydrogens (tertiary/aromatic N) is 4. The first kappa shape index (κ1) is 22.8. The number of aryl methyl sites for hydroxylation is 1. The van der Waals surface area contributed by atoms with Crippen molar-refractivity contribution in [2.75, 3.05) is 7.11 Å². The highest BCUT2D eigenvalue weighted by molar-refractivity contribution is 9.10. The fraction of sp³-hybridized carbons (Fsp3) is 0.292. The number of halogens is 1. The Hall–Kier alpha value is -3.33. The SMILES string of the molecule is COC(=O)C(C)OC(=O)CC[C@@H]1N=C(c2ccccn2)c2cc(Br)ccc2-n2c(C)cnc21. The molecule has 0 spiro atoms. The number of aliphatic imine (C=N–C) groups is 1. The van der Waals surface area contributed by atoms with Crippen molar-refractivity contribution in [3.05, 3.63) is 76.0 Å². The van der Waals surface area contributed by atoms with Gasteiger partial charge in [0.25, 0.3) is 0 Å². The summed E-state index contributed by atoms with van der Waals surface area (Å²) < 4.78 is 12.8. The second kappa shape index (κ2) is 9.66. The lowest BCUT2D eigenvalue weighted by molar-refractivity contribution is -0.164. The molecule has 0 bridgehead atoms. The maximum atomic E-state index is 12.4. The molecular formula is C24H23BrN4O4. The van der Waals surface area contributed by atoms with E-state index < -0.39 is 24.1 Å². The van der Waals surface area contributed by atoms with Gasteiger partial charge in [-0.05, 0) is 50.6 Å². The number of hydrogen-bond donors (Lipinski definition) is 0. The Morgan fingerprint density at radius 2 is 2.03 bits per heavy atom. The van der Waals surface area contributed by atoms with Crippen LogP contribution < -0.4 is 0 Å². The minimum atomic E-state index is -0.963. The number of hydrogen-bond acceptors (Lipinski definition) is 7. The van der Waals surface area contributed by atoms with E-state index in [9.17, 15) is 9.59 Å². The molecule has 2 aromatic heterocycles. The molecule has 0 radical (unpaired) electrons. The lowest BCUT2D eigenvalue weighted by Crippen LogP contribution is -2.25. The van der Waals surface area contributed by atoms with E-state index in [4.69, 9.17) is 9.73 Å². The smallest absolute Gasteiger partial charge is 0.346 e. The van der Waals surface area contributed by atoms with E-state index in [0.29, 0.717) is 6.42 Å². The molecule has 170 valence electrons. The first-order valence-electron chi connectivity index (χ1n) is 10.5. The van der Waals surface area contributed by atoms with Gasteiger partial charge < -0.3 is 9.47 Å². The molecule has 8 nitrogen and oxygen atoms in total. The molecule has 0 fully saturated rings. The molecule has 9 heteroatoms. The lowest BCUT2D eigenvalue weighted by atomic mass is 10.0. The molecule has 1 aliphatic rings. The van der Waals surface area contributed by atoms with Gasteiger partial charge in [-0.25, -0.2) is 9.78 Å². The number of pyridine rings is 1. The fourth-order valence-corrected chi connectivity index (χ4v) is 4.17. The Morgan fingerprint density at radius 1 is 1.21 bits per heavy atom. The van der Waals surface area contributed by atoms with Crippen LogP contribution >= 0.6 is 15.9 Å². The Balaban J connectivity index is 1.73. The van der Waals surface area contributed by atoms with Gasteiger partial charge in [0.1, 0.15) is 11.9 Å². The molecule has 0 saturated heterocycles. The molecule has 2 atom stereocenters. The third-order valence-corrected chi connectivity index (χ3v) is 5.87. The largest absolute Gasteiger partial charge is 0.466 e. The third kappa shape index (κ3) is 4.73. The van der Waals surface area contributed by atoms with Crippen molar-refractivity contribution in [2.45, 2.75) is 38.8 Å². The van der Waals surface area contributed by atoms with E-state index in [1.165, 1.54) is 14.0 Å². The second-order valence-corrected chi connectivity index (χ2v) is 8.57. The number of fused-ring (bicyclic) bond motifs is 3. The second-order valence-electron chi connectivity index (χ2n) is 7.66. The quantitative estimate of drug-likeness (QED) is 0.463. The van der Waals surface area contributed by atoms with E-state index in [0.717, 1.165) is 38.6 Å². The maximum absolute atomic E-state index is 12.4. The summed E-state index contributed by atoms with van der Waals surface area (Å²) in [4.78, 5) is 38.2. The van der Waals surface area contributed by atoms with E-state index in [1.807, 2.05) is 43.3 Å². The zero-order valence-electron chi connectivity index (χ0n) is 18.5. The molecule has 3 heterocycles. The van der Waals surface area contributed by atoms with Gasteiger partial charge in [0, 0.05) is 34.5 Å². The van der Waals surface area contributed by atoms with Crippen LogP contribution in [0.1, 0.15) is 48.6 Å². The summed E-state index contributed by atoms with van der Waals surface area (Å²) in [6, 6.07) is 11.3. The predicted octanol–water partition coefficient (Wildman–Crippen LogP) is 4.12. The van der Waals surface area contributed by atoms with Crippen molar-refractivity contribution < 1.29 is 19.1 Å². The van der Waals surface area contributed by atoms with Gasteiger partial charge in [0.05, 0.1) is 24.2 Å². The fourth-order valence-electron chi connectivity index (χ4n) is 3.81. The minimum Gasteiger partial charge on any atom is -0.466 e. The van der Waals surface area contributed by atoms with Crippen molar-refractivity contribution in [1.29, 1.82) is 0 Å². The normalized spacial score (nSPS) is 15.5. The number of aromatic nitrogens is 3. The number of rotatable bonds is 6. The topological polar surface area (TPSA) is 95.7 Å². The summed E-state index contributed by atoms with van der Waals surface area (Å²) in [6.07, 6.45) is 2.98. The average molecular weight is 511 g/mol. The van der Waals surface area contributed by atoms with Crippen LogP contribution in [0.15, 0.2) is 58.3 Å². The lowest BCUT2D eigenvalue weighted by Gasteiger charge is -2.15. The molecule has 0 amide bonds. The average Bonchev–Trinajstić information content (AvgIpc) is 3.13. The first-order valence-corrected chi connectivity index (χ1v) is 11.3. The Labute approximate surface area is 199 Å². The van der Waals surface area contributed by atoms with Crippen molar-refractivity contribution in [3.8, 4) is 5.69 Å². The highest BCUT2D eigenvalue weighted by atomic mass is 79.9. The summed E-state index contributed by atoms with van der Waals surface area (Å²) in [5, 5.41) is 0. The van der Waals surface area contributed by atoms with Crippen molar-refractivity contribution in [3.63, 3.8) is 0 Å². The van der Waals surface area contributed by atoms with Gasteiger partial charge in [0.2, 0.25) is 0 Å². The predicted molar refractivity (Wildman–Crippen MR) is 125 cm³/mol. The third-order valence-electron chi connectivity index (χ3n) is 5.37. The monoisotopic (exact) mass is 510 g/mol. The molecule has 4 rings (SSSR count). The molecule has 0 aliphatic carbocycles. The van der Waals surface area contributed by atoms with Gasteiger partial charge in [-0.2, -0.15) is 0 Å². The number of methoxy groups -OCH3 is 1. The molecule has 33 heavy (non-hydrogen) atoms. The van der Waals surface area contributed by atoms with Gasteiger partial charge in [0.15, 0.2) is 6.10 Å². The number of carbonyl (C=O) groups excluding carboxylic acids is 2. The van der Waals surface area contributed by atoms with Crippen LogP contribution in [0.3, 0.4) is 0 Å². The van der Waals surface area contributed by atoms with Crippen LogP contribution in [0.25, 0.3) is 5.69 Å². The minimum absolute atomic E-state index is 0.0664. The highest BCUT2D eigenvalue weighted by Crippen LogP contribution is 2.34. The number of benzene rings is 1. The maximum Gasteiger partial charge on any atom is 0.346 e. The van der Waals surface area contributed by atoms with Gasteiger partial charge in [-0.15, -0.1) is 0 Å². The van der Waals surface area contributed by atoms with Crippen molar-refractivity contribution in [2.24, 2.45) is 4.99 Å². The zero-order valence-corrected chi connectivity index (χ0v) is 20.1. The van der Waals surface area contributed by atoms with Crippen molar-refractivity contribution >= 4 is 33.6 Å². The highest BCUT2D eigenvalue weighted by Gasteiger charge is 2.29. The molecule has 1 unspecified atom stereocenters. The van der Waals surface area contributed by atoms with Gasteiger partial charge in [-0.1, -0.05) is 22.0 Å². The van der Waals surface area contributed by atoms with Crippen LogP contribution in [0.4, 0.5) is 0 Å². The van der Waals surface area contributed by atoms with Crippen LogP contribution in [0.2, 0.25) is 0 Å². The Bertz CT molecular complexity index is 1220.